The van der Waals surface area contributed by atoms with Gasteiger partial charge in [-0.3, -0.25) is 9.59 Å². The number of imidazole rings is 1. The number of hydrogen-bond acceptors (Lipinski definition) is 3. The quantitative estimate of drug-likeness (QED) is 0.520. The van der Waals surface area contributed by atoms with E-state index in [9.17, 15) is 9.59 Å². The van der Waals surface area contributed by atoms with E-state index >= 15 is 0 Å². The number of pyridine rings is 1. The Labute approximate surface area is 186 Å². The molecule has 1 atom stereocenters. The molecule has 5 rings (SSSR count). The van der Waals surface area contributed by atoms with Crippen LogP contribution in [0.15, 0.2) is 73.1 Å². The summed E-state index contributed by atoms with van der Waals surface area (Å²) in [6.45, 7) is 4.47. The zero-order valence-electron chi connectivity index (χ0n) is 18.1. The van der Waals surface area contributed by atoms with E-state index in [0.29, 0.717) is 12.2 Å². The van der Waals surface area contributed by atoms with Gasteiger partial charge in [0, 0.05) is 42.3 Å². The van der Waals surface area contributed by atoms with Crippen LogP contribution in [-0.2, 0) is 9.59 Å². The lowest BCUT2D eigenvalue weighted by atomic mass is 10.1. The number of aromatic nitrogens is 2. The lowest BCUT2D eigenvalue weighted by Crippen LogP contribution is -2.28. The average molecular weight is 425 g/mol. The van der Waals surface area contributed by atoms with E-state index in [0.717, 1.165) is 28.2 Å². The van der Waals surface area contributed by atoms with Gasteiger partial charge in [0.1, 0.15) is 5.65 Å². The molecular weight excluding hydrogens is 400 g/mol. The molecule has 2 aromatic heterocycles. The Kier molecular flexibility index (Phi) is 4.98. The van der Waals surface area contributed by atoms with Crippen molar-refractivity contribution in [3.8, 4) is 11.3 Å². The second-order valence-electron chi connectivity index (χ2n) is 8.33. The Morgan fingerprint density at radius 2 is 1.84 bits per heavy atom. The van der Waals surface area contributed by atoms with Gasteiger partial charge in [0.05, 0.1) is 11.6 Å². The van der Waals surface area contributed by atoms with E-state index in [1.54, 1.807) is 4.90 Å². The zero-order valence-corrected chi connectivity index (χ0v) is 18.1. The highest BCUT2D eigenvalue weighted by atomic mass is 16.2. The summed E-state index contributed by atoms with van der Waals surface area (Å²) in [5.74, 6) is -0.525. The molecule has 0 spiro atoms. The van der Waals surface area contributed by atoms with Crippen LogP contribution in [0.1, 0.15) is 17.5 Å². The van der Waals surface area contributed by atoms with Crippen molar-refractivity contribution in [2.24, 2.45) is 5.92 Å². The maximum Gasteiger partial charge on any atom is 0.229 e. The van der Waals surface area contributed by atoms with Crippen LogP contribution in [-0.4, -0.2) is 27.7 Å². The normalized spacial score (nSPS) is 16.0. The Hall–Kier alpha value is -3.93. The fourth-order valence-electron chi connectivity index (χ4n) is 4.07. The van der Waals surface area contributed by atoms with Gasteiger partial charge in [0.15, 0.2) is 0 Å². The monoisotopic (exact) mass is 424 g/mol. The first-order valence-corrected chi connectivity index (χ1v) is 10.7. The van der Waals surface area contributed by atoms with Crippen LogP contribution in [0.5, 0.6) is 0 Å². The van der Waals surface area contributed by atoms with Crippen molar-refractivity contribution in [1.29, 1.82) is 0 Å². The Balaban J connectivity index is 1.26. The minimum Gasteiger partial charge on any atom is -0.326 e. The summed E-state index contributed by atoms with van der Waals surface area (Å²) < 4.78 is 1.98. The third-order valence-electron chi connectivity index (χ3n) is 6.11. The Morgan fingerprint density at radius 3 is 2.59 bits per heavy atom. The molecule has 6 heteroatoms. The summed E-state index contributed by atoms with van der Waals surface area (Å²) in [7, 11) is 0. The first-order valence-electron chi connectivity index (χ1n) is 10.7. The van der Waals surface area contributed by atoms with Gasteiger partial charge in [0.2, 0.25) is 11.8 Å². The number of carbonyl (C=O) groups excluding carboxylic acids is 2. The molecule has 0 radical (unpaired) electrons. The summed E-state index contributed by atoms with van der Waals surface area (Å²) in [4.78, 5) is 31.7. The summed E-state index contributed by atoms with van der Waals surface area (Å²) in [5.41, 5.74) is 6.61. The number of nitrogens with zero attached hydrogens (tertiary/aromatic N) is 3. The van der Waals surface area contributed by atoms with Gasteiger partial charge in [0.25, 0.3) is 0 Å². The molecule has 1 fully saturated rings. The summed E-state index contributed by atoms with van der Waals surface area (Å²) in [5, 5.41) is 2.96. The number of aryl methyl sites for hydroxylation is 2. The predicted molar refractivity (Wildman–Crippen MR) is 126 cm³/mol. The van der Waals surface area contributed by atoms with Crippen molar-refractivity contribution in [1.82, 2.24) is 9.38 Å². The molecule has 2 aromatic carbocycles. The molecule has 3 heterocycles. The lowest BCUT2D eigenvalue weighted by Gasteiger charge is -2.18. The highest BCUT2D eigenvalue weighted by molar-refractivity contribution is 6.03. The number of anilines is 2. The molecule has 0 bridgehead atoms. The minimum absolute atomic E-state index is 0.0180. The van der Waals surface area contributed by atoms with E-state index in [-0.39, 0.29) is 24.2 Å². The Morgan fingerprint density at radius 1 is 1.03 bits per heavy atom. The molecule has 0 unspecified atom stereocenters. The largest absolute Gasteiger partial charge is 0.326 e. The zero-order chi connectivity index (χ0) is 22.2. The topological polar surface area (TPSA) is 66.7 Å². The number of fused-ring (bicyclic) bond motifs is 1. The average Bonchev–Trinajstić information content (AvgIpc) is 3.40. The minimum atomic E-state index is -0.373. The van der Waals surface area contributed by atoms with Crippen molar-refractivity contribution in [3.63, 3.8) is 0 Å². The highest BCUT2D eigenvalue weighted by Crippen LogP contribution is 2.28. The van der Waals surface area contributed by atoms with Crippen molar-refractivity contribution in [2.45, 2.75) is 20.3 Å². The molecule has 4 aromatic rings. The molecule has 2 amide bonds. The Bertz CT molecular complexity index is 1290. The molecule has 6 nitrogen and oxygen atoms in total. The number of carbonyl (C=O) groups is 2. The lowest BCUT2D eigenvalue weighted by molar-refractivity contribution is -0.122. The third-order valence-corrected chi connectivity index (χ3v) is 6.11. The van der Waals surface area contributed by atoms with Gasteiger partial charge in [-0.05, 0) is 61.4 Å². The van der Waals surface area contributed by atoms with Crippen molar-refractivity contribution >= 4 is 28.8 Å². The summed E-state index contributed by atoms with van der Waals surface area (Å²) in [6.07, 6.45) is 4.16. The predicted octanol–water partition coefficient (Wildman–Crippen LogP) is 4.61. The van der Waals surface area contributed by atoms with Crippen LogP contribution in [0.3, 0.4) is 0 Å². The number of amides is 2. The molecule has 0 aliphatic carbocycles. The number of hydrogen-bond donors (Lipinski definition) is 1. The van der Waals surface area contributed by atoms with Gasteiger partial charge in [-0.1, -0.05) is 24.3 Å². The number of nitrogens with one attached hydrogen (secondary N) is 1. The first kappa shape index (κ1) is 20.0. The molecule has 32 heavy (non-hydrogen) atoms. The second-order valence-corrected chi connectivity index (χ2v) is 8.33. The fourth-order valence-corrected chi connectivity index (χ4v) is 4.07. The molecule has 1 aliphatic rings. The van der Waals surface area contributed by atoms with Crippen LogP contribution >= 0.6 is 0 Å². The van der Waals surface area contributed by atoms with E-state index in [1.807, 2.05) is 91.3 Å². The van der Waals surface area contributed by atoms with Crippen molar-refractivity contribution in [3.05, 3.63) is 84.2 Å². The summed E-state index contributed by atoms with van der Waals surface area (Å²) in [6, 6.07) is 19.5. The van der Waals surface area contributed by atoms with E-state index in [2.05, 4.69) is 10.3 Å². The fraction of sp³-hybridized carbons (Fsp3) is 0.192. The molecular formula is C26H24N4O2. The van der Waals surface area contributed by atoms with Gasteiger partial charge < -0.3 is 14.6 Å². The maximum absolute atomic E-state index is 12.8. The second kappa shape index (κ2) is 7.96. The van der Waals surface area contributed by atoms with Gasteiger partial charge in [-0.15, -0.1) is 0 Å². The molecule has 160 valence electrons. The molecule has 1 N–H and O–H groups in total. The summed E-state index contributed by atoms with van der Waals surface area (Å²) >= 11 is 0. The van der Waals surface area contributed by atoms with Crippen molar-refractivity contribution < 1.29 is 9.59 Å². The third kappa shape index (κ3) is 3.75. The molecule has 1 aliphatic heterocycles. The number of rotatable bonds is 4. The van der Waals surface area contributed by atoms with Crippen LogP contribution in [0, 0.1) is 19.8 Å². The van der Waals surface area contributed by atoms with E-state index in [4.69, 9.17) is 0 Å². The van der Waals surface area contributed by atoms with Crippen molar-refractivity contribution in [2.75, 3.05) is 16.8 Å². The van der Waals surface area contributed by atoms with Crippen LogP contribution in [0.4, 0.5) is 11.4 Å². The van der Waals surface area contributed by atoms with E-state index in [1.165, 1.54) is 5.56 Å². The number of benzene rings is 2. The standard InChI is InChI=1S/C26H24N4O2/c1-17-6-11-22(13-18(17)2)30-15-20(14-25(30)31)26(32)27-21-9-7-19(8-10-21)23-16-29-12-4-3-5-24(29)28-23/h3-13,16,20H,14-15H2,1-2H3,(H,27,32)/t20-/m0/s1. The van der Waals surface area contributed by atoms with Crippen LogP contribution in [0.25, 0.3) is 16.9 Å². The first-order chi connectivity index (χ1) is 15.5. The van der Waals surface area contributed by atoms with Gasteiger partial charge in [-0.25, -0.2) is 4.98 Å². The van der Waals surface area contributed by atoms with Gasteiger partial charge in [-0.2, -0.15) is 0 Å². The van der Waals surface area contributed by atoms with Crippen LogP contribution < -0.4 is 10.2 Å². The maximum atomic E-state index is 12.8. The van der Waals surface area contributed by atoms with E-state index < -0.39 is 0 Å². The SMILES string of the molecule is Cc1ccc(N2C[C@@H](C(=O)Nc3ccc(-c4cn5ccccc5n4)cc3)CC2=O)cc1C. The van der Waals surface area contributed by atoms with Crippen LogP contribution in [0.2, 0.25) is 0 Å². The molecule has 0 saturated carbocycles. The molecule has 1 saturated heterocycles. The van der Waals surface area contributed by atoms with Gasteiger partial charge >= 0.3 is 0 Å². The highest BCUT2D eigenvalue weighted by Gasteiger charge is 2.35. The smallest absolute Gasteiger partial charge is 0.229 e.